The molecule has 1 amide bonds. The van der Waals surface area contributed by atoms with E-state index in [1.807, 2.05) is 30.3 Å². The summed E-state index contributed by atoms with van der Waals surface area (Å²) < 4.78 is 5.19. The lowest BCUT2D eigenvalue weighted by Gasteiger charge is -2.19. The first-order chi connectivity index (χ1) is 13.9. The van der Waals surface area contributed by atoms with Crippen LogP contribution in [0.1, 0.15) is 24.1 Å². The molecule has 2 N–H and O–H groups in total. The molecule has 0 fully saturated rings. The van der Waals surface area contributed by atoms with Gasteiger partial charge in [0, 0.05) is 25.7 Å². The highest BCUT2D eigenvalue weighted by Crippen LogP contribution is 2.22. The molecule has 1 atom stereocenters. The summed E-state index contributed by atoms with van der Waals surface area (Å²) in [4.78, 5) is 17.9. The third-order valence-corrected chi connectivity index (χ3v) is 4.82. The van der Waals surface area contributed by atoms with Gasteiger partial charge in [0.15, 0.2) is 5.96 Å². The minimum absolute atomic E-state index is 0. The molecule has 8 heteroatoms. The van der Waals surface area contributed by atoms with Crippen molar-refractivity contribution in [3.05, 3.63) is 64.7 Å². The minimum Gasteiger partial charge on any atom is -0.497 e. The maximum absolute atomic E-state index is 11.9. The first kappa shape index (κ1) is 26.0. The van der Waals surface area contributed by atoms with E-state index in [0.29, 0.717) is 23.9 Å². The molecule has 0 bridgehead atoms. The van der Waals surface area contributed by atoms with Gasteiger partial charge in [0.05, 0.1) is 13.2 Å². The van der Waals surface area contributed by atoms with Crippen molar-refractivity contribution in [3.8, 4) is 5.75 Å². The second-order valence-electron chi connectivity index (χ2n) is 6.86. The fourth-order valence-electron chi connectivity index (χ4n) is 2.64. The molecule has 2 aromatic rings. The van der Waals surface area contributed by atoms with E-state index in [0.717, 1.165) is 16.9 Å². The molecule has 0 saturated heterocycles. The Hall–Kier alpha value is -2.00. The third kappa shape index (κ3) is 8.39. The van der Waals surface area contributed by atoms with Gasteiger partial charge in [-0.15, -0.1) is 24.0 Å². The average molecular weight is 545 g/mol. The van der Waals surface area contributed by atoms with Gasteiger partial charge in [-0.3, -0.25) is 4.79 Å². The number of ether oxygens (including phenoxy) is 1. The molecular formula is C22H30ClIN4O2. The van der Waals surface area contributed by atoms with Crippen LogP contribution < -0.4 is 15.4 Å². The van der Waals surface area contributed by atoms with Crippen LogP contribution in [0.5, 0.6) is 5.75 Å². The number of amides is 1. The van der Waals surface area contributed by atoms with Crippen LogP contribution in [0, 0.1) is 0 Å². The molecule has 0 radical (unpaired) electrons. The molecule has 30 heavy (non-hydrogen) atoms. The second-order valence-corrected chi connectivity index (χ2v) is 7.27. The highest BCUT2D eigenvalue weighted by molar-refractivity contribution is 14.0. The summed E-state index contributed by atoms with van der Waals surface area (Å²) in [5.74, 6) is 1.26. The standard InChI is InChI=1S/C22H29ClN4O2.HI/c1-16(17-8-6-5-7-9-17)26-22(25-15-21(28)27(2)3)24-13-12-18-10-11-19(29-4)14-20(18)23;/h5-11,14,16H,12-13,15H2,1-4H3,(H2,24,25,26);1H. The fourth-order valence-corrected chi connectivity index (χ4v) is 2.91. The number of methoxy groups -OCH3 is 1. The fraction of sp³-hybridized carbons (Fsp3) is 0.364. The first-order valence-electron chi connectivity index (χ1n) is 9.53. The number of carbonyl (C=O) groups is 1. The summed E-state index contributed by atoms with van der Waals surface area (Å²) >= 11 is 6.32. The smallest absolute Gasteiger partial charge is 0.243 e. The predicted molar refractivity (Wildman–Crippen MR) is 134 cm³/mol. The Labute approximate surface area is 201 Å². The van der Waals surface area contributed by atoms with Gasteiger partial charge in [-0.25, -0.2) is 4.99 Å². The van der Waals surface area contributed by atoms with Crippen molar-refractivity contribution in [2.24, 2.45) is 4.99 Å². The van der Waals surface area contributed by atoms with Crippen LogP contribution >= 0.6 is 35.6 Å². The van der Waals surface area contributed by atoms with E-state index in [-0.39, 0.29) is 42.5 Å². The number of nitrogens with one attached hydrogen (secondary N) is 2. The van der Waals surface area contributed by atoms with Crippen LogP contribution in [0.2, 0.25) is 5.02 Å². The molecule has 2 rings (SSSR count). The lowest BCUT2D eigenvalue weighted by atomic mass is 10.1. The zero-order chi connectivity index (χ0) is 21.2. The number of halogens is 2. The van der Waals surface area contributed by atoms with E-state index >= 15 is 0 Å². The van der Waals surface area contributed by atoms with Crippen LogP contribution in [0.25, 0.3) is 0 Å². The number of aliphatic imine (C=N–C) groups is 1. The maximum Gasteiger partial charge on any atom is 0.243 e. The van der Waals surface area contributed by atoms with Crippen LogP contribution in [-0.2, 0) is 11.2 Å². The zero-order valence-electron chi connectivity index (χ0n) is 17.8. The number of benzene rings is 2. The quantitative estimate of drug-likeness (QED) is 0.301. The summed E-state index contributed by atoms with van der Waals surface area (Å²) in [5, 5.41) is 7.32. The van der Waals surface area contributed by atoms with Crippen molar-refractivity contribution in [2.75, 3.05) is 34.3 Å². The normalized spacial score (nSPS) is 11.8. The molecule has 2 aromatic carbocycles. The Morgan fingerprint density at radius 2 is 1.90 bits per heavy atom. The molecule has 0 heterocycles. The Morgan fingerprint density at radius 1 is 1.20 bits per heavy atom. The van der Waals surface area contributed by atoms with Crippen LogP contribution in [0.15, 0.2) is 53.5 Å². The molecule has 0 aliphatic carbocycles. The summed E-state index contributed by atoms with van der Waals surface area (Å²) in [6.45, 7) is 2.75. The highest BCUT2D eigenvalue weighted by atomic mass is 127. The van der Waals surface area contributed by atoms with Gasteiger partial charge in [-0.2, -0.15) is 0 Å². The SMILES string of the molecule is COc1ccc(CCNC(=NCC(=O)N(C)C)NC(C)c2ccccc2)c(Cl)c1.I. The van der Waals surface area contributed by atoms with Crippen molar-refractivity contribution in [1.29, 1.82) is 0 Å². The second kappa shape index (κ2) is 13.3. The molecule has 0 aliphatic heterocycles. The van der Waals surface area contributed by atoms with Gasteiger partial charge >= 0.3 is 0 Å². The highest BCUT2D eigenvalue weighted by Gasteiger charge is 2.10. The molecular weight excluding hydrogens is 515 g/mol. The Balaban J connectivity index is 0.00000450. The Morgan fingerprint density at radius 3 is 2.50 bits per heavy atom. The average Bonchev–Trinajstić information content (AvgIpc) is 2.73. The van der Waals surface area contributed by atoms with E-state index in [9.17, 15) is 4.79 Å². The van der Waals surface area contributed by atoms with Crippen LogP contribution in [0.3, 0.4) is 0 Å². The van der Waals surface area contributed by atoms with Gasteiger partial charge in [-0.05, 0) is 36.6 Å². The molecule has 0 spiro atoms. The maximum atomic E-state index is 11.9. The molecule has 1 unspecified atom stereocenters. The van der Waals surface area contributed by atoms with Crippen molar-refractivity contribution in [1.82, 2.24) is 15.5 Å². The number of hydrogen-bond acceptors (Lipinski definition) is 3. The molecule has 0 aromatic heterocycles. The Bertz CT molecular complexity index is 831. The van der Waals surface area contributed by atoms with Gasteiger partial charge in [0.2, 0.25) is 5.91 Å². The molecule has 164 valence electrons. The van der Waals surface area contributed by atoms with Gasteiger partial charge < -0.3 is 20.3 Å². The predicted octanol–water partition coefficient (Wildman–Crippen LogP) is 3.89. The van der Waals surface area contributed by atoms with Crippen LogP contribution in [-0.4, -0.2) is 51.1 Å². The first-order valence-corrected chi connectivity index (χ1v) is 9.91. The summed E-state index contributed by atoms with van der Waals surface area (Å²) in [6, 6.07) is 15.8. The number of guanidine groups is 1. The van der Waals surface area contributed by atoms with E-state index < -0.39 is 0 Å². The number of nitrogens with zero attached hydrogens (tertiary/aromatic N) is 2. The van der Waals surface area contributed by atoms with Crippen molar-refractivity contribution < 1.29 is 9.53 Å². The lowest BCUT2D eigenvalue weighted by Crippen LogP contribution is -2.40. The van der Waals surface area contributed by atoms with E-state index in [1.54, 1.807) is 27.3 Å². The molecule has 0 aliphatic rings. The van der Waals surface area contributed by atoms with E-state index in [2.05, 4.69) is 34.7 Å². The number of hydrogen-bond donors (Lipinski definition) is 2. The van der Waals surface area contributed by atoms with Crippen molar-refractivity contribution >= 4 is 47.4 Å². The molecule has 6 nitrogen and oxygen atoms in total. The molecule has 0 saturated carbocycles. The zero-order valence-corrected chi connectivity index (χ0v) is 20.9. The number of carbonyl (C=O) groups excluding carboxylic acids is 1. The lowest BCUT2D eigenvalue weighted by molar-refractivity contribution is -0.127. The van der Waals surface area contributed by atoms with Gasteiger partial charge in [0.1, 0.15) is 12.3 Å². The van der Waals surface area contributed by atoms with Crippen LogP contribution in [0.4, 0.5) is 0 Å². The van der Waals surface area contributed by atoms with Gasteiger partial charge in [0.25, 0.3) is 0 Å². The topological polar surface area (TPSA) is 66.0 Å². The minimum atomic E-state index is -0.0586. The van der Waals surface area contributed by atoms with Crippen molar-refractivity contribution in [3.63, 3.8) is 0 Å². The largest absolute Gasteiger partial charge is 0.497 e. The number of rotatable bonds is 8. The van der Waals surface area contributed by atoms with E-state index in [4.69, 9.17) is 16.3 Å². The van der Waals surface area contributed by atoms with Gasteiger partial charge in [-0.1, -0.05) is 48.0 Å². The van der Waals surface area contributed by atoms with E-state index in [1.165, 1.54) is 4.90 Å². The summed E-state index contributed by atoms with van der Waals surface area (Å²) in [6.07, 6.45) is 0.713. The monoisotopic (exact) mass is 544 g/mol. The number of likely N-dealkylation sites (N-methyl/N-ethyl adjacent to an activating group) is 1. The summed E-state index contributed by atoms with van der Waals surface area (Å²) in [5.41, 5.74) is 2.15. The summed E-state index contributed by atoms with van der Waals surface area (Å²) in [7, 11) is 5.05. The Kier molecular flexibility index (Phi) is 11.6. The third-order valence-electron chi connectivity index (χ3n) is 4.47. The van der Waals surface area contributed by atoms with Crippen molar-refractivity contribution in [2.45, 2.75) is 19.4 Å².